The fraction of sp³-hybridized carbons (Fsp3) is 0.107. The molecule has 0 amide bonds. The van der Waals surface area contributed by atoms with Crippen LogP contribution in [0.2, 0.25) is 0 Å². The van der Waals surface area contributed by atoms with Gasteiger partial charge in [0.2, 0.25) is 0 Å². The van der Waals surface area contributed by atoms with Gasteiger partial charge in [0, 0.05) is 11.1 Å². The molecule has 364 valence electrons. The summed E-state index contributed by atoms with van der Waals surface area (Å²) in [5, 5.41) is 32.0. The summed E-state index contributed by atoms with van der Waals surface area (Å²) in [6.45, 7) is 8.05. The van der Waals surface area contributed by atoms with Crippen LogP contribution in [-0.4, -0.2) is 68.8 Å². The van der Waals surface area contributed by atoms with E-state index in [9.17, 15) is 19.8 Å². The molecular weight excluding hydrogens is 933 g/mol. The summed E-state index contributed by atoms with van der Waals surface area (Å²) < 4.78 is 6.64. The molecule has 12 aromatic rings. The van der Waals surface area contributed by atoms with E-state index in [0.717, 1.165) is 33.6 Å². The van der Waals surface area contributed by atoms with Crippen LogP contribution in [0.5, 0.6) is 11.5 Å². The zero-order valence-corrected chi connectivity index (χ0v) is 40.5. The summed E-state index contributed by atoms with van der Waals surface area (Å²) in [7, 11) is 0. The fourth-order valence-corrected chi connectivity index (χ4v) is 9.48. The summed E-state index contributed by atoms with van der Waals surface area (Å²) in [4.78, 5) is 54.9. The Kier molecular flexibility index (Phi) is 11.6. The first-order chi connectivity index (χ1) is 35.8. The minimum atomic E-state index is -0.147. The Morgan fingerprint density at radius 1 is 0.459 bits per heavy atom. The van der Waals surface area contributed by atoms with Crippen LogP contribution in [0.15, 0.2) is 156 Å². The smallest absolute Gasteiger partial charge is 0.266 e. The molecule has 6 N–H and O–H groups in total. The van der Waals surface area contributed by atoms with E-state index in [0.29, 0.717) is 78.0 Å². The van der Waals surface area contributed by atoms with E-state index in [1.165, 1.54) is 12.7 Å². The van der Waals surface area contributed by atoms with Crippen LogP contribution in [0, 0.1) is 27.7 Å². The number of nitrogen functional groups attached to an aromatic ring is 2. The van der Waals surface area contributed by atoms with Gasteiger partial charge in [0.15, 0.2) is 11.3 Å². The Morgan fingerprint density at radius 2 is 0.851 bits per heavy atom. The Hall–Kier alpha value is -10.1. The lowest BCUT2D eigenvalue weighted by molar-refractivity contribution is 0.475. The molecule has 18 nitrogen and oxygen atoms in total. The van der Waals surface area contributed by atoms with E-state index >= 15 is 0 Å². The molecule has 0 unspecified atom stereocenters. The molecule has 6 aromatic carbocycles. The van der Waals surface area contributed by atoms with Gasteiger partial charge in [-0.05, 0) is 98.5 Å². The average Bonchev–Trinajstić information content (AvgIpc) is 3.95. The number of anilines is 2. The Labute approximate surface area is 421 Å². The van der Waals surface area contributed by atoms with E-state index in [2.05, 4.69) is 19.9 Å². The maximum atomic E-state index is 13.9. The van der Waals surface area contributed by atoms with Crippen LogP contribution in [0.1, 0.15) is 33.9 Å². The monoisotopic (exact) mass is 978 g/mol. The van der Waals surface area contributed by atoms with Crippen molar-refractivity contribution >= 4 is 55.5 Å². The van der Waals surface area contributed by atoms with E-state index < -0.39 is 0 Å². The van der Waals surface area contributed by atoms with Crippen molar-refractivity contribution in [2.24, 2.45) is 0 Å². The van der Waals surface area contributed by atoms with Gasteiger partial charge in [0.25, 0.3) is 11.1 Å². The second kappa shape index (κ2) is 18.6. The number of phenolic OH excluding ortho intramolecular Hbond substituents is 2. The molecular formula is C56H46N14O4. The van der Waals surface area contributed by atoms with Gasteiger partial charge in [-0.15, -0.1) is 0 Å². The highest BCUT2D eigenvalue weighted by atomic mass is 16.3. The molecule has 0 aliphatic rings. The van der Waals surface area contributed by atoms with Gasteiger partial charge < -0.3 is 21.7 Å². The number of nitrogens with two attached hydrogens (primary N) is 2. The zero-order chi connectivity index (χ0) is 51.4. The van der Waals surface area contributed by atoms with Crippen molar-refractivity contribution in [3.05, 3.63) is 201 Å². The molecule has 74 heavy (non-hydrogen) atoms. The van der Waals surface area contributed by atoms with Gasteiger partial charge in [0.05, 0.1) is 44.0 Å². The Balaban J connectivity index is 0.000000159. The Bertz CT molecular complexity index is 4050. The lowest BCUT2D eigenvalue weighted by Gasteiger charge is -2.16. The highest BCUT2D eigenvalue weighted by molar-refractivity contribution is 5.99. The van der Waals surface area contributed by atoms with Crippen LogP contribution in [0.3, 0.4) is 0 Å². The standard InChI is InChI=1S/2C28H23N7O2/c2*1-16-7-3-4-12-21(16)35-22(32-20-11-5-8-17(2)23(20)28(35)37)14-34-27-24(26(29)30-15-31-27)25(33-34)18-9-6-10-19(36)13-18/h2*3-13,15,36H,14H2,1-2H3,(H2,29,30,31). The number of hydrogen-bond donors (Lipinski definition) is 4. The number of aryl methyl sites for hydroxylation is 4. The van der Waals surface area contributed by atoms with Crippen molar-refractivity contribution in [2.45, 2.75) is 40.8 Å². The normalized spacial score (nSPS) is 11.4. The lowest BCUT2D eigenvalue weighted by Crippen LogP contribution is -2.26. The molecule has 0 bridgehead atoms. The minimum absolute atomic E-state index is 0.107. The number of rotatable bonds is 8. The molecule has 0 fully saturated rings. The van der Waals surface area contributed by atoms with Crippen molar-refractivity contribution < 1.29 is 10.2 Å². The van der Waals surface area contributed by atoms with Gasteiger partial charge >= 0.3 is 0 Å². The number of nitrogens with zero attached hydrogens (tertiary/aromatic N) is 12. The number of fused-ring (bicyclic) bond motifs is 4. The number of aromatic hydroxyl groups is 2. The highest BCUT2D eigenvalue weighted by Gasteiger charge is 2.24. The van der Waals surface area contributed by atoms with Crippen LogP contribution in [0.25, 0.3) is 77.8 Å². The number of hydrogen-bond acceptors (Lipinski definition) is 14. The predicted molar refractivity (Wildman–Crippen MR) is 286 cm³/mol. The lowest BCUT2D eigenvalue weighted by atomic mass is 10.1. The fourth-order valence-electron chi connectivity index (χ4n) is 9.48. The van der Waals surface area contributed by atoms with Crippen LogP contribution in [0.4, 0.5) is 11.6 Å². The first-order valence-electron chi connectivity index (χ1n) is 23.5. The number of phenols is 2. The predicted octanol–water partition coefficient (Wildman–Crippen LogP) is 8.29. The quantitative estimate of drug-likeness (QED) is 0.112. The van der Waals surface area contributed by atoms with Crippen LogP contribution < -0.4 is 22.6 Å². The molecule has 0 aliphatic heterocycles. The van der Waals surface area contributed by atoms with E-state index in [4.69, 9.17) is 31.6 Å². The molecule has 0 saturated carbocycles. The maximum Gasteiger partial charge on any atom is 0.266 e. The first kappa shape index (κ1) is 46.3. The third kappa shape index (κ3) is 8.14. The number of para-hydroxylation sites is 2. The molecule has 0 aliphatic carbocycles. The van der Waals surface area contributed by atoms with E-state index in [-0.39, 0.29) is 47.3 Å². The Morgan fingerprint density at radius 3 is 1.26 bits per heavy atom. The molecule has 6 aromatic heterocycles. The van der Waals surface area contributed by atoms with Gasteiger partial charge in [-0.2, -0.15) is 10.2 Å². The van der Waals surface area contributed by atoms with Gasteiger partial charge in [-0.25, -0.2) is 39.3 Å². The van der Waals surface area contributed by atoms with Crippen molar-refractivity contribution in [1.82, 2.24) is 58.6 Å². The maximum absolute atomic E-state index is 13.9. The third-order valence-electron chi connectivity index (χ3n) is 13.0. The van der Waals surface area contributed by atoms with Crippen molar-refractivity contribution in [2.75, 3.05) is 11.5 Å². The second-order valence-corrected chi connectivity index (χ2v) is 17.9. The molecule has 6 heterocycles. The van der Waals surface area contributed by atoms with Gasteiger partial charge in [-0.3, -0.25) is 18.7 Å². The molecule has 0 spiro atoms. The summed E-state index contributed by atoms with van der Waals surface area (Å²) in [6, 6.07) is 40.2. The average molecular weight is 979 g/mol. The van der Waals surface area contributed by atoms with E-state index in [1.807, 2.05) is 125 Å². The SMILES string of the molecule is Cc1ccccc1-n1c(Cn2nc(-c3cccc(O)c3)c3c(N)ncnc32)nc2cccc(C)c2c1=O.Cc1ccccc1-n1c(Cn2nc(-c3cccc(O)c3)c3c(N)ncnc32)nc2cccc(C)c2c1=O. The molecule has 18 heteroatoms. The van der Waals surface area contributed by atoms with Crippen molar-refractivity contribution in [1.29, 1.82) is 0 Å². The third-order valence-corrected chi connectivity index (χ3v) is 13.0. The summed E-state index contributed by atoms with van der Waals surface area (Å²) in [5.74, 6) is 1.76. The van der Waals surface area contributed by atoms with Gasteiger partial charge in [0.1, 0.15) is 71.9 Å². The first-order valence-corrected chi connectivity index (χ1v) is 23.5. The summed E-state index contributed by atoms with van der Waals surface area (Å²) in [6.07, 6.45) is 2.77. The van der Waals surface area contributed by atoms with Crippen molar-refractivity contribution in [3.63, 3.8) is 0 Å². The largest absolute Gasteiger partial charge is 0.508 e. The second-order valence-electron chi connectivity index (χ2n) is 17.9. The molecule has 0 saturated heterocycles. The molecule has 0 radical (unpaired) electrons. The van der Waals surface area contributed by atoms with Crippen molar-refractivity contribution in [3.8, 4) is 45.4 Å². The topological polar surface area (TPSA) is 249 Å². The van der Waals surface area contributed by atoms with Crippen LogP contribution in [-0.2, 0) is 13.1 Å². The van der Waals surface area contributed by atoms with Crippen LogP contribution >= 0.6 is 0 Å². The number of aromatic nitrogens is 12. The van der Waals surface area contributed by atoms with E-state index in [1.54, 1.807) is 54.9 Å². The minimum Gasteiger partial charge on any atom is -0.508 e. The summed E-state index contributed by atoms with van der Waals surface area (Å²) in [5.41, 5.74) is 22.0. The molecule has 0 atom stereocenters. The molecule has 12 rings (SSSR count). The number of benzene rings is 6. The van der Waals surface area contributed by atoms with Gasteiger partial charge in [-0.1, -0.05) is 84.9 Å². The highest BCUT2D eigenvalue weighted by Crippen LogP contribution is 2.34. The summed E-state index contributed by atoms with van der Waals surface area (Å²) >= 11 is 0. The zero-order valence-electron chi connectivity index (χ0n) is 40.5.